The number of hydrogen-bond acceptors (Lipinski definition) is 4. The highest BCUT2D eigenvalue weighted by Gasteiger charge is 2.58. The molecule has 33 heavy (non-hydrogen) atoms. The van der Waals surface area contributed by atoms with E-state index in [0.717, 1.165) is 31.2 Å². The number of aliphatic hydroxyl groups is 1. The second-order valence-electron chi connectivity index (χ2n) is 9.65. The van der Waals surface area contributed by atoms with E-state index in [1.807, 2.05) is 48.2 Å². The lowest BCUT2D eigenvalue weighted by atomic mass is 9.86. The van der Waals surface area contributed by atoms with Gasteiger partial charge in [0.25, 0.3) is 5.56 Å². The Balaban J connectivity index is 1.53. The van der Waals surface area contributed by atoms with Crippen molar-refractivity contribution in [3.8, 4) is 0 Å². The van der Waals surface area contributed by atoms with Gasteiger partial charge in [0.05, 0.1) is 24.0 Å². The monoisotopic (exact) mass is 449 g/mol. The van der Waals surface area contributed by atoms with Gasteiger partial charge in [0.2, 0.25) is 11.8 Å². The summed E-state index contributed by atoms with van der Waals surface area (Å²) >= 11 is 0. The Morgan fingerprint density at radius 2 is 1.82 bits per heavy atom. The molecule has 2 fully saturated rings. The molecule has 2 amide bonds. The SMILES string of the molecule is C[C@@H](NC(=O)[C@@H]1[C@@H](CO)[C@@H]2Cn3c(cccc3=O)[C@H]1N2C(=O)C1CCCC1)c1ccccc1. The summed E-state index contributed by atoms with van der Waals surface area (Å²) in [4.78, 5) is 41.8. The summed E-state index contributed by atoms with van der Waals surface area (Å²) < 4.78 is 1.68. The molecule has 1 aliphatic carbocycles. The van der Waals surface area contributed by atoms with Crippen molar-refractivity contribution in [2.24, 2.45) is 17.8 Å². The van der Waals surface area contributed by atoms with Crippen LogP contribution in [0.4, 0.5) is 0 Å². The van der Waals surface area contributed by atoms with Crippen LogP contribution in [0.5, 0.6) is 0 Å². The topological polar surface area (TPSA) is 91.6 Å². The lowest BCUT2D eigenvalue weighted by molar-refractivity contribution is -0.141. The lowest BCUT2D eigenvalue weighted by Crippen LogP contribution is -2.50. The number of aromatic nitrogens is 1. The van der Waals surface area contributed by atoms with Gasteiger partial charge in [0, 0.05) is 36.7 Å². The Morgan fingerprint density at radius 1 is 1.09 bits per heavy atom. The predicted molar refractivity (Wildman–Crippen MR) is 123 cm³/mol. The molecule has 1 aromatic carbocycles. The standard InChI is InChI=1S/C26H31N3O4/c1-16(17-8-3-2-4-9-17)27-25(32)23-19(15-30)21-14-28-20(12-7-13-22(28)31)24(23)29(21)26(33)18-10-5-6-11-18/h2-4,7-9,12-13,16,18-19,21,23-24,30H,5-6,10-11,14-15H2,1H3,(H,27,32)/t16-,19+,21+,23-,24-/m1/s1. The summed E-state index contributed by atoms with van der Waals surface area (Å²) in [7, 11) is 0. The Labute approximate surface area is 193 Å². The highest BCUT2D eigenvalue weighted by Crippen LogP contribution is 2.49. The normalized spacial score (nSPS) is 27.3. The van der Waals surface area contributed by atoms with E-state index in [9.17, 15) is 19.5 Å². The van der Waals surface area contributed by atoms with Gasteiger partial charge in [-0.15, -0.1) is 0 Å². The molecule has 1 aromatic heterocycles. The summed E-state index contributed by atoms with van der Waals surface area (Å²) in [6.07, 6.45) is 3.80. The van der Waals surface area contributed by atoms with E-state index in [4.69, 9.17) is 0 Å². The molecule has 2 bridgehead atoms. The highest BCUT2D eigenvalue weighted by atomic mass is 16.3. The van der Waals surface area contributed by atoms with Gasteiger partial charge in [-0.2, -0.15) is 0 Å². The van der Waals surface area contributed by atoms with E-state index in [0.29, 0.717) is 12.2 Å². The Hall–Kier alpha value is -2.93. The van der Waals surface area contributed by atoms with E-state index in [2.05, 4.69) is 5.32 Å². The third-order valence-corrected chi connectivity index (χ3v) is 7.84. The van der Waals surface area contributed by atoms with Crippen molar-refractivity contribution in [1.82, 2.24) is 14.8 Å². The molecule has 1 saturated heterocycles. The fraction of sp³-hybridized carbons (Fsp3) is 0.500. The van der Waals surface area contributed by atoms with Gasteiger partial charge in [0.1, 0.15) is 0 Å². The Morgan fingerprint density at radius 3 is 2.52 bits per heavy atom. The second-order valence-corrected chi connectivity index (χ2v) is 9.65. The maximum atomic E-state index is 13.7. The lowest BCUT2D eigenvalue weighted by Gasteiger charge is -2.39. The first kappa shape index (κ1) is 21.9. The average Bonchev–Trinajstić information content (AvgIpc) is 3.44. The van der Waals surface area contributed by atoms with E-state index in [1.54, 1.807) is 10.6 Å². The summed E-state index contributed by atoms with van der Waals surface area (Å²) in [6, 6.07) is 13.6. The van der Waals surface area contributed by atoms with Crippen LogP contribution in [-0.4, -0.2) is 39.0 Å². The van der Waals surface area contributed by atoms with Gasteiger partial charge in [0.15, 0.2) is 0 Å². The molecule has 3 heterocycles. The first-order valence-electron chi connectivity index (χ1n) is 12.0. The quantitative estimate of drug-likeness (QED) is 0.733. The molecule has 0 spiro atoms. The number of aliphatic hydroxyl groups excluding tert-OH is 1. The third kappa shape index (κ3) is 3.68. The summed E-state index contributed by atoms with van der Waals surface area (Å²) in [5.74, 6) is -1.21. The van der Waals surface area contributed by atoms with Crippen molar-refractivity contribution in [2.75, 3.05) is 6.61 Å². The maximum Gasteiger partial charge on any atom is 0.250 e. The number of nitrogens with one attached hydrogen (secondary N) is 1. The van der Waals surface area contributed by atoms with Crippen LogP contribution in [0.3, 0.4) is 0 Å². The minimum Gasteiger partial charge on any atom is -0.396 e. The molecule has 0 radical (unpaired) electrons. The van der Waals surface area contributed by atoms with Crippen LogP contribution in [0.2, 0.25) is 0 Å². The molecule has 2 aliphatic heterocycles. The highest BCUT2D eigenvalue weighted by molar-refractivity contribution is 5.85. The van der Waals surface area contributed by atoms with E-state index < -0.39 is 17.9 Å². The van der Waals surface area contributed by atoms with Gasteiger partial charge >= 0.3 is 0 Å². The zero-order chi connectivity index (χ0) is 23.1. The van der Waals surface area contributed by atoms with Crippen molar-refractivity contribution in [2.45, 2.75) is 57.3 Å². The fourth-order valence-electron chi connectivity index (χ4n) is 6.18. The molecule has 174 valence electrons. The van der Waals surface area contributed by atoms with Gasteiger partial charge in [-0.1, -0.05) is 49.2 Å². The van der Waals surface area contributed by atoms with Crippen LogP contribution in [-0.2, 0) is 16.1 Å². The number of benzene rings is 1. The van der Waals surface area contributed by atoms with Crippen LogP contribution < -0.4 is 10.9 Å². The molecular formula is C26H31N3O4. The predicted octanol–water partition coefficient (Wildman–Crippen LogP) is 2.41. The zero-order valence-corrected chi connectivity index (χ0v) is 18.9. The summed E-state index contributed by atoms with van der Waals surface area (Å²) in [5.41, 5.74) is 1.54. The van der Waals surface area contributed by atoms with Gasteiger partial charge in [-0.25, -0.2) is 0 Å². The number of hydrogen-bond donors (Lipinski definition) is 2. The van der Waals surface area contributed by atoms with Crippen molar-refractivity contribution in [1.29, 1.82) is 0 Å². The minimum atomic E-state index is -0.618. The first-order chi connectivity index (χ1) is 16.0. The average molecular weight is 450 g/mol. The number of carbonyl (C=O) groups excluding carboxylic acids is 2. The molecule has 1 saturated carbocycles. The second kappa shape index (κ2) is 8.78. The van der Waals surface area contributed by atoms with E-state index in [1.165, 1.54) is 6.07 Å². The zero-order valence-electron chi connectivity index (χ0n) is 18.9. The number of fused-ring (bicyclic) bond motifs is 4. The molecule has 7 heteroatoms. The Bertz CT molecular complexity index is 1090. The Kier molecular flexibility index (Phi) is 5.83. The largest absolute Gasteiger partial charge is 0.396 e. The third-order valence-electron chi connectivity index (χ3n) is 7.84. The maximum absolute atomic E-state index is 13.7. The molecule has 0 unspecified atom stereocenters. The van der Waals surface area contributed by atoms with Crippen LogP contribution in [0.1, 0.15) is 55.9 Å². The number of carbonyl (C=O) groups is 2. The number of amides is 2. The van der Waals surface area contributed by atoms with Crippen LogP contribution >= 0.6 is 0 Å². The molecule has 7 nitrogen and oxygen atoms in total. The molecule has 2 N–H and O–H groups in total. The van der Waals surface area contributed by atoms with Crippen molar-refractivity contribution in [3.63, 3.8) is 0 Å². The molecular weight excluding hydrogens is 418 g/mol. The van der Waals surface area contributed by atoms with Gasteiger partial charge in [-0.05, 0) is 31.4 Å². The summed E-state index contributed by atoms with van der Waals surface area (Å²) in [5, 5.41) is 13.5. The first-order valence-corrected chi connectivity index (χ1v) is 12.0. The number of nitrogens with zero attached hydrogens (tertiary/aromatic N) is 2. The molecule has 3 aliphatic rings. The smallest absolute Gasteiger partial charge is 0.250 e. The van der Waals surface area contributed by atoms with Crippen LogP contribution in [0.25, 0.3) is 0 Å². The van der Waals surface area contributed by atoms with Crippen molar-refractivity contribution < 1.29 is 14.7 Å². The van der Waals surface area contributed by atoms with E-state index >= 15 is 0 Å². The molecule has 5 atom stereocenters. The molecule has 2 aromatic rings. The minimum absolute atomic E-state index is 0.0404. The van der Waals surface area contributed by atoms with Gasteiger partial charge < -0.3 is 19.9 Å². The fourth-order valence-corrected chi connectivity index (χ4v) is 6.18. The van der Waals surface area contributed by atoms with Crippen LogP contribution in [0, 0.1) is 17.8 Å². The van der Waals surface area contributed by atoms with Crippen molar-refractivity contribution >= 4 is 11.8 Å². The van der Waals surface area contributed by atoms with E-state index in [-0.39, 0.29) is 42.0 Å². The number of rotatable bonds is 5. The summed E-state index contributed by atoms with van der Waals surface area (Å²) in [6.45, 7) is 2.03. The molecule has 5 rings (SSSR count). The van der Waals surface area contributed by atoms with Crippen molar-refractivity contribution in [3.05, 3.63) is 70.1 Å². The van der Waals surface area contributed by atoms with Crippen LogP contribution in [0.15, 0.2) is 53.3 Å². The number of pyridine rings is 1. The van der Waals surface area contributed by atoms with Gasteiger partial charge in [-0.3, -0.25) is 14.4 Å².